The minimum absolute atomic E-state index is 0.257. The lowest BCUT2D eigenvalue weighted by Crippen LogP contribution is -3.10. The van der Waals surface area contributed by atoms with E-state index in [1.807, 2.05) is 0 Å². The van der Waals surface area contributed by atoms with Gasteiger partial charge in [0.25, 0.3) is 0 Å². The SMILES string of the molecule is CCOC(=O)C1=C(C[NH+](C)[C@@H]2CCCc3ccccc32)NC(=O)N[C@@H]1c1ccco1. The Bertz CT molecular complexity index is 951. The van der Waals surface area contributed by atoms with Crippen LogP contribution in [0.25, 0.3) is 0 Å². The molecule has 1 aliphatic carbocycles. The number of furan rings is 1. The van der Waals surface area contributed by atoms with E-state index >= 15 is 0 Å². The maximum atomic E-state index is 12.9. The van der Waals surface area contributed by atoms with Crippen LogP contribution in [0.1, 0.15) is 48.7 Å². The second-order valence-electron chi connectivity index (χ2n) is 7.83. The lowest BCUT2D eigenvalue weighted by atomic mass is 9.87. The number of urea groups is 1. The summed E-state index contributed by atoms with van der Waals surface area (Å²) in [6.07, 6.45) is 4.82. The molecule has 0 spiro atoms. The maximum absolute atomic E-state index is 12.9. The number of quaternary nitrogens is 1. The van der Waals surface area contributed by atoms with Crippen molar-refractivity contribution in [2.45, 2.75) is 38.3 Å². The van der Waals surface area contributed by atoms with E-state index in [2.05, 4.69) is 41.9 Å². The van der Waals surface area contributed by atoms with E-state index in [0.29, 0.717) is 29.6 Å². The van der Waals surface area contributed by atoms with Crippen molar-refractivity contribution in [3.8, 4) is 0 Å². The summed E-state index contributed by atoms with van der Waals surface area (Å²) in [4.78, 5) is 26.5. The number of rotatable bonds is 6. The quantitative estimate of drug-likeness (QED) is 0.637. The number of hydrogen-bond donors (Lipinski definition) is 3. The molecule has 2 aromatic rings. The molecule has 7 nitrogen and oxygen atoms in total. The highest BCUT2D eigenvalue weighted by atomic mass is 16.5. The Balaban J connectivity index is 1.68. The molecule has 0 saturated heterocycles. The van der Waals surface area contributed by atoms with Gasteiger partial charge in [0, 0.05) is 12.0 Å². The molecule has 0 fully saturated rings. The molecule has 0 bridgehead atoms. The molecule has 3 atom stereocenters. The highest BCUT2D eigenvalue weighted by Crippen LogP contribution is 2.29. The zero-order chi connectivity index (χ0) is 21.1. The normalized spacial score (nSPS) is 22.0. The van der Waals surface area contributed by atoms with Crippen molar-refractivity contribution >= 4 is 12.0 Å². The summed E-state index contributed by atoms with van der Waals surface area (Å²) in [5.41, 5.74) is 3.71. The molecule has 7 heteroatoms. The molecule has 4 rings (SSSR count). The van der Waals surface area contributed by atoms with Gasteiger partial charge in [0.1, 0.15) is 24.4 Å². The third kappa shape index (κ3) is 3.98. The number of nitrogens with one attached hydrogen (secondary N) is 3. The molecule has 2 aliphatic rings. The van der Waals surface area contributed by atoms with Crippen molar-refractivity contribution < 1.29 is 23.6 Å². The van der Waals surface area contributed by atoms with Gasteiger partial charge in [0.05, 0.1) is 31.2 Å². The fourth-order valence-electron chi connectivity index (χ4n) is 4.54. The minimum Gasteiger partial charge on any atom is -0.467 e. The zero-order valence-electron chi connectivity index (χ0n) is 17.4. The summed E-state index contributed by atoms with van der Waals surface area (Å²) in [5, 5.41) is 5.65. The standard InChI is InChI=1S/C23H27N3O4/c1-3-29-22(27)20-17(24-23(28)25-21(20)19-12-7-13-30-19)14-26(2)18-11-6-9-15-8-4-5-10-16(15)18/h4-5,7-8,10,12-13,18,21H,3,6,9,11,14H2,1-2H3,(H2,24,25,28)/p+1/t18-,21-/m1/s1. The number of carbonyl (C=O) groups is 2. The monoisotopic (exact) mass is 410 g/mol. The predicted molar refractivity (Wildman–Crippen MR) is 111 cm³/mol. The number of ether oxygens (including phenoxy) is 1. The van der Waals surface area contributed by atoms with Crippen LogP contribution in [0.2, 0.25) is 0 Å². The van der Waals surface area contributed by atoms with E-state index < -0.39 is 12.0 Å². The number of aryl methyl sites for hydroxylation is 1. The smallest absolute Gasteiger partial charge is 0.338 e. The molecule has 0 radical (unpaired) electrons. The second-order valence-corrected chi connectivity index (χ2v) is 7.83. The average Bonchev–Trinajstić information content (AvgIpc) is 3.28. The number of esters is 1. The highest BCUT2D eigenvalue weighted by Gasteiger charge is 2.37. The molecule has 2 heterocycles. The van der Waals surface area contributed by atoms with Gasteiger partial charge in [-0.25, -0.2) is 9.59 Å². The number of benzene rings is 1. The molecule has 0 saturated carbocycles. The van der Waals surface area contributed by atoms with Gasteiger partial charge in [-0.3, -0.25) is 0 Å². The number of likely N-dealkylation sites (N-methyl/N-ethyl adjacent to an activating group) is 1. The Hall–Kier alpha value is -3.06. The van der Waals surface area contributed by atoms with E-state index in [4.69, 9.17) is 9.15 Å². The van der Waals surface area contributed by atoms with Crippen LogP contribution >= 0.6 is 0 Å². The molecule has 158 valence electrons. The van der Waals surface area contributed by atoms with Crippen LogP contribution in [-0.2, 0) is 16.0 Å². The van der Waals surface area contributed by atoms with Crippen molar-refractivity contribution in [2.75, 3.05) is 20.2 Å². The summed E-state index contributed by atoms with van der Waals surface area (Å²) < 4.78 is 10.8. The maximum Gasteiger partial charge on any atom is 0.338 e. The third-order valence-corrected chi connectivity index (χ3v) is 5.90. The van der Waals surface area contributed by atoms with E-state index in [1.54, 1.807) is 19.1 Å². The molecule has 1 aliphatic heterocycles. The van der Waals surface area contributed by atoms with Crippen LogP contribution in [-0.4, -0.2) is 32.2 Å². The number of carbonyl (C=O) groups excluding carboxylic acids is 2. The van der Waals surface area contributed by atoms with Crippen molar-refractivity contribution in [3.63, 3.8) is 0 Å². The van der Waals surface area contributed by atoms with Gasteiger partial charge < -0.3 is 24.7 Å². The van der Waals surface area contributed by atoms with Crippen LogP contribution in [0.3, 0.4) is 0 Å². The lowest BCUT2D eigenvalue weighted by molar-refractivity contribution is -0.908. The van der Waals surface area contributed by atoms with E-state index in [9.17, 15) is 9.59 Å². The Morgan fingerprint density at radius 1 is 1.27 bits per heavy atom. The summed E-state index contributed by atoms with van der Waals surface area (Å²) >= 11 is 0. The van der Waals surface area contributed by atoms with Crippen molar-refractivity contribution in [2.24, 2.45) is 0 Å². The second kappa shape index (κ2) is 8.75. The molecule has 1 unspecified atom stereocenters. The number of amides is 2. The van der Waals surface area contributed by atoms with Crippen molar-refractivity contribution in [3.05, 3.63) is 70.8 Å². The van der Waals surface area contributed by atoms with Gasteiger partial charge in [-0.05, 0) is 37.5 Å². The average molecular weight is 410 g/mol. The van der Waals surface area contributed by atoms with E-state index in [-0.39, 0.29) is 12.6 Å². The first-order chi connectivity index (χ1) is 14.6. The van der Waals surface area contributed by atoms with Crippen molar-refractivity contribution in [1.29, 1.82) is 0 Å². The Labute approximate surface area is 176 Å². The van der Waals surface area contributed by atoms with Crippen LogP contribution < -0.4 is 15.5 Å². The topological polar surface area (TPSA) is 85.0 Å². The van der Waals surface area contributed by atoms with Crippen LogP contribution in [0.5, 0.6) is 0 Å². The van der Waals surface area contributed by atoms with Crippen LogP contribution in [0.15, 0.2) is 58.3 Å². The molecule has 3 N–H and O–H groups in total. The number of fused-ring (bicyclic) bond motifs is 1. The Morgan fingerprint density at radius 3 is 2.87 bits per heavy atom. The first kappa shape index (κ1) is 20.2. The molecule has 1 aromatic carbocycles. The fourth-order valence-corrected chi connectivity index (χ4v) is 4.54. The molecule has 2 amide bonds. The van der Waals surface area contributed by atoms with Gasteiger partial charge in [-0.15, -0.1) is 0 Å². The van der Waals surface area contributed by atoms with Gasteiger partial charge in [-0.2, -0.15) is 0 Å². The molecule has 1 aromatic heterocycles. The summed E-state index contributed by atoms with van der Waals surface area (Å²) in [7, 11) is 2.11. The minimum atomic E-state index is -0.672. The molecular weight excluding hydrogens is 382 g/mol. The zero-order valence-corrected chi connectivity index (χ0v) is 17.4. The highest BCUT2D eigenvalue weighted by molar-refractivity contribution is 5.95. The summed E-state index contributed by atoms with van der Waals surface area (Å²) in [6.45, 7) is 2.52. The predicted octanol–water partition coefficient (Wildman–Crippen LogP) is 2.04. The van der Waals surface area contributed by atoms with Gasteiger partial charge in [0.15, 0.2) is 0 Å². The van der Waals surface area contributed by atoms with Gasteiger partial charge in [-0.1, -0.05) is 24.3 Å². The first-order valence-corrected chi connectivity index (χ1v) is 10.5. The van der Waals surface area contributed by atoms with Gasteiger partial charge >= 0.3 is 12.0 Å². The largest absolute Gasteiger partial charge is 0.467 e. The van der Waals surface area contributed by atoms with E-state index in [0.717, 1.165) is 19.3 Å². The van der Waals surface area contributed by atoms with Crippen LogP contribution in [0.4, 0.5) is 4.79 Å². The Morgan fingerprint density at radius 2 is 2.10 bits per heavy atom. The first-order valence-electron chi connectivity index (χ1n) is 10.5. The third-order valence-electron chi connectivity index (χ3n) is 5.90. The molecular formula is C23H28N3O4+. The Kier molecular flexibility index (Phi) is 5.90. The van der Waals surface area contributed by atoms with E-state index in [1.165, 1.54) is 22.3 Å². The van der Waals surface area contributed by atoms with Crippen LogP contribution in [0, 0.1) is 0 Å². The number of hydrogen-bond acceptors (Lipinski definition) is 4. The lowest BCUT2D eigenvalue weighted by Gasteiger charge is -2.33. The molecule has 30 heavy (non-hydrogen) atoms. The summed E-state index contributed by atoms with van der Waals surface area (Å²) in [6, 6.07) is 11.3. The summed E-state index contributed by atoms with van der Waals surface area (Å²) in [5.74, 6) is 0.0595. The van der Waals surface area contributed by atoms with Gasteiger partial charge in [0.2, 0.25) is 0 Å². The van der Waals surface area contributed by atoms with Crippen molar-refractivity contribution in [1.82, 2.24) is 10.6 Å². The fraction of sp³-hybridized carbons (Fsp3) is 0.391.